The minimum Gasteiger partial charge on any atom is -0.473 e. The van der Waals surface area contributed by atoms with Crippen LogP contribution in [0.25, 0.3) is 11.3 Å². The number of hydrogen-bond acceptors (Lipinski definition) is 7. The molecule has 1 aliphatic heterocycles. The number of anilines is 1. The van der Waals surface area contributed by atoms with E-state index in [1.54, 1.807) is 7.05 Å². The van der Waals surface area contributed by atoms with E-state index in [1.165, 1.54) is 49.2 Å². The second-order valence-corrected chi connectivity index (χ2v) is 12.1. The molecule has 198 valence electrons. The Kier molecular flexibility index (Phi) is 7.48. The fraction of sp³-hybridized carbons (Fsp3) is 0.519. The van der Waals surface area contributed by atoms with Crippen LogP contribution in [0.2, 0.25) is 0 Å². The van der Waals surface area contributed by atoms with E-state index >= 15 is 0 Å². The summed E-state index contributed by atoms with van der Waals surface area (Å²) in [6.07, 6.45) is 10.4. The Morgan fingerprint density at radius 1 is 1.08 bits per heavy atom. The van der Waals surface area contributed by atoms with E-state index in [0.29, 0.717) is 11.6 Å². The predicted molar refractivity (Wildman–Crippen MR) is 143 cm³/mol. The number of hydrogen-bond donors (Lipinski definition) is 1. The Morgan fingerprint density at radius 2 is 1.84 bits per heavy atom. The van der Waals surface area contributed by atoms with Gasteiger partial charge < -0.3 is 4.74 Å². The van der Waals surface area contributed by atoms with Gasteiger partial charge >= 0.3 is 0 Å². The van der Waals surface area contributed by atoms with Crippen molar-refractivity contribution in [2.75, 3.05) is 24.4 Å². The molecule has 37 heavy (non-hydrogen) atoms. The molecule has 1 saturated heterocycles. The average molecular weight is 525 g/mol. The van der Waals surface area contributed by atoms with Gasteiger partial charge in [0.05, 0.1) is 11.9 Å². The fourth-order valence-corrected chi connectivity index (χ4v) is 6.49. The summed E-state index contributed by atoms with van der Waals surface area (Å²) in [6, 6.07) is 7.86. The first kappa shape index (κ1) is 25.7. The normalized spacial score (nSPS) is 19.3. The molecule has 10 heteroatoms. The Labute approximate surface area is 219 Å². The van der Waals surface area contributed by atoms with Crippen LogP contribution in [0.3, 0.4) is 0 Å². The molecule has 1 aromatic carbocycles. The number of aromatic nitrogens is 4. The third-order valence-electron chi connectivity index (χ3n) is 7.41. The van der Waals surface area contributed by atoms with Crippen LogP contribution in [0.5, 0.6) is 5.88 Å². The molecule has 1 unspecified atom stereocenters. The van der Waals surface area contributed by atoms with Crippen molar-refractivity contribution in [1.29, 1.82) is 0 Å². The fourth-order valence-electron chi connectivity index (χ4n) is 5.56. The summed E-state index contributed by atoms with van der Waals surface area (Å²) in [4.78, 5) is 11.6. The lowest BCUT2D eigenvalue weighted by Crippen LogP contribution is -2.30. The zero-order valence-corrected chi connectivity index (χ0v) is 22.7. The van der Waals surface area contributed by atoms with Gasteiger partial charge in [-0.05, 0) is 50.2 Å². The van der Waals surface area contributed by atoms with Gasteiger partial charge in [0.1, 0.15) is 11.0 Å². The van der Waals surface area contributed by atoms with Crippen LogP contribution in [0.4, 0.5) is 5.95 Å². The Bertz CT molecular complexity index is 1330. The Morgan fingerprint density at radius 3 is 2.54 bits per heavy atom. The second kappa shape index (κ2) is 10.8. The van der Waals surface area contributed by atoms with Crippen molar-refractivity contribution in [2.45, 2.75) is 63.4 Å². The first-order valence-electron chi connectivity index (χ1n) is 13.1. The smallest absolute Gasteiger partial charge is 0.267 e. The monoisotopic (exact) mass is 524 g/mol. The molecule has 2 aromatic heterocycles. The van der Waals surface area contributed by atoms with E-state index in [9.17, 15) is 8.42 Å². The summed E-state index contributed by atoms with van der Waals surface area (Å²) in [6.45, 7) is 7.04. The molecule has 1 saturated carbocycles. The number of ether oxygens (including phenoxy) is 1. The van der Waals surface area contributed by atoms with E-state index in [4.69, 9.17) is 4.74 Å². The molecule has 0 radical (unpaired) electrons. The predicted octanol–water partition coefficient (Wildman–Crippen LogP) is 4.33. The third kappa shape index (κ3) is 6.13. The zero-order valence-electron chi connectivity index (χ0n) is 21.9. The van der Waals surface area contributed by atoms with E-state index < -0.39 is 10.0 Å². The molecule has 9 nitrogen and oxygen atoms in total. The van der Waals surface area contributed by atoms with Crippen LogP contribution in [0.15, 0.2) is 41.6 Å². The summed E-state index contributed by atoms with van der Waals surface area (Å²) in [5.41, 5.74) is 3.67. The van der Waals surface area contributed by atoms with Gasteiger partial charge in [0.2, 0.25) is 11.8 Å². The first-order valence-corrected chi connectivity index (χ1v) is 14.6. The highest BCUT2D eigenvalue weighted by Gasteiger charge is 2.28. The van der Waals surface area contributed by atoms with Gasteiger partial charge in [-0.3, -0.25) is 9.58 Å². The van der Waals surface area contributed by atoms with E-state index in [1.807, 2.05) is 38.1 Å². The van der Waals surface area contributed by atoms with Crippen molar-refractivity contribution < 1.29 is 13.2 Å². The van der Waals surface area contributed by atoms with Crippen molar-refractivity contribution >= 4 is 16.0 Å². The molecule has 0 amide bonds. The SMILES string of the molecule is Cc1cccc(C)c1-c1cc(OC2CCN(CC3CCCCC3)C2)nc(NS(=O)(=O)c2cnn(C)c2)n1. The van der Waals surface area contributed by atoms with E-state index in [2.05, 4.69) is 24.7 Å². The molecule has 2 fully saturated rings. The second-order valence-electron chi connectivity index (χ2n) is 10.4. The van der Waals surface area contributed by atoms with Crippen molar-refractivity contribution in [1.82, 2.24) is 24.6 Å². The van der Waals surface area contributed by atoms with Crippen molar-refractivity contribution in [3.63, 3.8) is 0 Å². The number of rotatable bonds is 8. The van der Waals surface area contributed by atoms with Gasteiger partial charge in [-0.1, -0.05) is 37.5 Å². The van der Waals surface area contributed by atoms with Gasteiger partial charge in [0, 0.05) is 44.5 Å². The molecule has 1 aliphatic carbocycles. The van der Waals surface area contributed by atoms with Gasteiger partial charge in [0.15, 0.2) is 0 Å². The largest absolute Gasteiger partial charge is 0.473 e. The van der Waals surface area contributed by atoms with Crippen LogP contribution in [-0.2, 0) is 17.1 Å². The molecule has 5 rings (SSSR count). The molecule has 0 bridgehead atoms. The van der Waals surface area contributed by atoms with Crippen LogP contribution >= 0.6 is 0 Å². The number of aryl methyl sites for hydroxylation is 3. The topological polar surface area (TPSA) is 102 Å². The van der Waals surface area contributed by atoms with Crippen LogP contribution in [0.1, 0.15) is 49.7 Å². The average Bonchev–Trinajstić information content (AvgIpc) is 3.48. The van der Waals surface area contributed by atoms with Crippen LogP contribution in [-0.4, -0.2) is 58.8 Å². The highest BCUT2D eigenvalue weighted by atomic mass is 32.2. The minimum atomic E-state index is -3.90. The van der Waals surface area contributed by atoms with Gasteiger partial charge in [0.25, 0.3) is 10.0 Å². The molecule has 3 aromatic rings. The van der Waals surface area contributed by atoms with Gasteiger partial charge in [-0.2, -0.15) is 10.1 Å². The summed E-state index contributed by atoms with van der Waals surface area (Å²) < 4.78 is 36.3. The highest BCUT2D eigenvalue weighted by Crippen LogP contribution is 2.31. The minimum absolute atomic E-state index is 0.00656. The maximum atomic E-state index is 13.0. The van der Waals surface area contributed by atoms with E-state index in [-0.39, 0.29) is 16.9 Å². The summed E-state index contributed by atoms with van der Waals surface area (Å²) in [5.74, 6) is 1.15. The summed E-state index contributed by atoms with van der Waals surface area (Å²) in [5, 5.41) is 3.98. The number of nitrogens with zero attached hydrogens (tertiary/aromatic N) is 5. The lowest BCUT2D eigenvalue weighted by Gasteiger charge is -2.26. The highest BCUT2D eigenvalue weighted by molar-refractivity contribution is 7.92. The van der Waals surface area contributed by atoms with Crippen LogP contribution in [0, 0.1) is 19.8 Å². The van der Waals surface area contributed by atoms with Crippen molar-refractivity contribution in [3.8, 4) is 17.1 Å². The summed E-state index contributed by atoms with van der Waals surface area (Å²) in [7, 11) is -2.23. The first-order chi connectivity index (χ1) is 17.8. The van der Waals surface area contributed by atoms with E-state index in [0.717, 1.165) is 48.7 Å². The molecule has 1 atom stereocenters. The quantitative estimate of drug-likeness (QED) is 0.468. The maximum absolute atomic E-state index is 13.0. The lowest BCUT2D eigenvalue weighted by molar-refractivity contribution is 0.177. The number of benzene rings is 1. The Hall–Kier alpha value is -2.98. The third-order valence-corrected chi connectivity index (χ3v) is 8.70. The molecule has 3 heterocycles. The standard InChI is InChI=1S/C27H36N6O3S/c1-19-8-7-9-20(2)26(19)24-14-25(30-27(29-24)31-37(34,35)23-15-28-32(3)18-23)36-22-12-13-33(17-22)16-21-10-5-4-6-11-21/h7-9,14-15,18,21-22H,4-6,10-13,16-17H2,1-3H3,(H,29,30,31). The van der Waals surface area contributed by atoms with Crippen molar-refractivity contribution in [3.05, 3.63) is 47.8 Å². The number of likely N-dealkylation sites (tertiary alicyclic amines) is 1. The maximum Gasteiger partial charge on any atom is 0.267 e. The number of sulfonamides is 1. The Balaban J connectivity index is 1.39. The van der Waals surface area contributed by atoms with Crippen LogP contribution < -0.4 is 9.46 Å². The number of nitrogens with one attached hydrogen (secondary N) is 1. The molecule has 2 aliphatic rings. The van der Waals surface area contributed by atoms with Gasteiger partial charge in [-0.15, -0.1) is 0 Å². The molecule has 1 N–H and O–H groups in total. The summed E-state index contributed by atoms with van der Waals surface area (Å²) >= 11 is 0. The lowest BCUT2D eigenvalue weighted by atomic mass is 9.89. The zero-order chi connectivity index (χ0) is 26.0. The molecular weight excluding hydrogens is 488 g/mol. The molecule has 0 spiro atoms. The van der Waals surface area contributed by atoms with Crippen molar-refractivity contribution in [2.24, 2.45) is 13.0 Å². The van der Waals surface area contributed by atoms with Gasteiger partial charge in [-0.25, -0.2) is 18.1 Å². The molecular formula is C27H36N6O3S.